The van der Waals surface area contributed by atoms with Gasteiger partial charge in [0.1, 0.15) is 5.82 Å². The summed E-state index contributed by atoms with van der Waals surface area (Å²) < 4.78 is 0.954. The zero-order valence-corrected chi connectivity index (χ0v) is 13.2. The zero-order chi connectivity index (χ0) is 14.1. The Balaban J connectivity index is 1.62. The van der Waals surface area contributed by atoms with Gasteiger partial charge in [-0.1, -0.05) is 0 Å². The lowest BCUT2D eigenvalue weighted by atomic mass is 10.2. The fourth-order valence-corrected chi connectivity index (χ4v) is 3.20. The molecule has 3 rings (SSSR count). The maximum Gasteiger partial charge on any atom is 0.323 e. The first-order chi connectivity index (χ1) is 9.63. The molecule has 1 N–H and O–H groups in total. The van der Waals surface area contributed by atoms with E-state index in [4.69, 9.17) is 0 Å². The van der Waals surface area contributed by atoms with Crippen LogP contribution in [-0.2, 0) is 0 Å². The lowest BCUT2D eigenvalue weighted by Crippen LogP contribution is -2.53. The van der Waals surface area contributed by atoms with E-state index in [2.05, 4.69) is 31.1 Å². The van der Waals surface area contributed by atoms with E-state index in [1.807, 2.05) is 24.0 Å². The van der Waals surface area contributed by atoms with Gasteiger partial charge in [-0.25, -0.2) is 9.78 Å². The average Bonchev–Trinajstić information content (AvgIpc) is 2.90. The van der Waals surface area contributed by atoms with Gasteiger partial charge in [-0.15, -0.1) is 0 Å². The molecule has 0 aliphatic carbocycles. The molecule has 5 nitrogen and oxygen atoms in total. The summed E-state index contributed by atoms with van der Waals surface area (Å²) in [6, 6.07) is 4.24. The SMILES string of the molecule is Cc1nc(NC(=O)N2CCN3CCC[C@H]3C2)ccc1Br. The van der Waals surface area contributed by atoms with E-state index in [9.17, 15) is 4.79 Å². The molecule has 2 aliphatic heterocycles. The Morgan fingerprint density at radius 2 is 2.25 bits per heavy atom. The van der Waals surface area contributed by atoms with Gasteiger partial charge in [0, 0.05) is 30.1 Å². The van der Waals surface area contributed by atoms with Crippen molar-refractivity contribution in [1.29, 1.82) is 0 Å². The molecular weight excluding hydrogens is 320 g/mol. The predicted molar refractivity (Wildman–Crippen MR) is 81.9 cm³/mol. The maximum absolute atomic E-state index is 12.3. The monoisotopic (exact) mass is 338 g/mol. The van der Waals surface area contributed by atoms with Gasteiger partial charge in [-0.05, 0) is 54.4 Å². The number of piperazine rings is 1. The van der Waals surface area contributed by atoms with Crippen molar-refractivity contribution in [2.75, 3.05) is 31.5 Å². The number of urea groups is 1. The first-order valence-corrected chi connectivity index (χ1v) is 7.86. The summed E-state index contributed by atoms with van der Waals surface area (Å²) in [4.78, 5) is 21.1. The molecule has 6 heteroatoms. The Labute approximate surface area is 127 Å². The summed E-state index contributed by atoms with van der Waals surface area (Å²) in [5.74, 6) is 0.615. The summed E-state index contributed by atoms with van der Waals surface area (Å²) in [5.41, 5.74) is 0.878. The minimum Gasteiger partial charge on any atom is -0.322 e. The van der Waals surface area contributed by atoms with Crippen LogP contribution in [0.4, 0.5) is 10.6 Å². The van der Waals surface area contributed by atoms with Crippen LogP contribution in [-0.4, -0.2) is 53.0 Å². The van der Waals surface area contributed by atoms with Crippen LogP contribution in [0.5, 0.6) is 0 Å². The summed E-state index contributed by atoms with van der Waals surface area (Å²) >= 11 is 3.41. The largest absolute Gasteiger partial charge is 0.323 e. The second-order valence-electron chi connectivity index (χ2n) is 5.47. The fourth-order valence-electron chi connectivity index (χ4n) is 2.98. The van der Waals surface area contributed by atoms with E-state index in [-0.39, 0.29) is 6.03 Å². The normalized spacial score (nSPS) is 22.7. The van der Waals surface area contributed by atoms with Gasteiger partial charge < -0.3 is 4.90 Å². The Kier molecular flexibility index (Phi) is 3.94. The van der Waals surface area contributed by atoms with Gasteiger partial charge in [0.25, 0.3) is 0 Å². The number of nitrogens with one attached hydrogen (secondary N) is 1. The molecule has 1 aromatic heterocycles. The van der Waals surface area contributed by atoms with E-state index < -0.39 is 0 Å². The third-order valence-electron chi connectivity index (χ3n) is 4.13. The van der Waals surface area contributed by atoms with Crippen molar-refractivity contribution < 1.29 is 4.79 Å². The number of carbonyl (C=O) groups excluding carboxylic acids is 1. The lowest BCUT2D eigenvalue weighted by Gasteiger charge is -2.37. The second-order valence-corrected chi connectivity index (χ2v) is 6.33. The third kappa shape index (κ3) is 2.81. The molecule has 2 fully saturated rings. The highest BCUT2D eigenvalue weighted by atomic mass is 79.9. The van der Waals surface area contributed by atoms with Gasteiger partial charge in [-0.3, -0.25) is 10.2 Å². The number of hydrogen-bond acceptors (Lipinski definition) is 3. The van der Waals surface area contributed by atoms with E-state index in [1.54, 1.807) is 0 Å². The summed E-state index contributed by atoms with van der Waals surface area (Å²) in [6.07, 6.45) is 2.47. The van der Waals surface area contributed by atoms with Gasteiger partial charge in [-0.2, -0.15) is 0 Å². The summed E-state index contributed by atoms with van der Waals surface area (Å²) in [6.45, 7) is 5.73. The number of halogens is 1. The molecular formula is C14H19BrN4O. The van der Waals surface area contributed by atoms with E-state index in [0.29, 0.717) is 11.9 Å². The molecule has 2 aliphatic rings. The molecule has 108 valence electrons. The molecule has 3 heterocycles. The molecule has 0 unspecified atom stereocenters. The highest BCUT2D eigenvalue weighted by Gasteiger charge is 2.32. The molecule has 0 bridgehead atoms. The Bertz CT molecular complexity index is 522. The Morgan fingerprint density at radius 3 is 3.05 bits per heavy atom. The number of rotatable bonds is 1. The maximum atomic E-state index is 12.3. The minimum atomic E-state index is -0.0363. The van der Waals surface area contributed by atoms with Crippen molar-refractivity contribution in [2.24, 2.45) is 0 Å². The summed E-state index contributed by atoms with van der Waals surface area (Å²) in [7, 11) is 0. The molecule has 0 spiro atoms. The highest BCUT2D eigenvalue weighted by Crippen LogP contribution is 2.22. The van der Waals surface area contributed by atoms with Gasteiger partial charge >= 0.3 is 6.03 Å². The van der Waals surface area contributed by atoms with Crippen LogP contribution >= 0.6 is 15.9 Å². The van der Waals surface area contributed by atoms with Crippen molar-refractivity contribution in [3.05, 3.63) is 22.3 Å². The number of fused-ring (bicyclic) bond motifs is 1. The van der Waals surface area contributed by atoms with Crippen LogP contribution < -0.4 is 5.32 Å². The first-order valence-electron chi connectivity index (χ1n) is 7.06. The van der Waals surface area contributed by atoms with Crippen LogP contribution in [0.2, 0.25) is 0 Å². The number of amides is 2. The second kappa shape index (κ2) is 5.69. The number of carbonyl (C=O) groups is 1. The molecule has 0 radical (unpaired) electrons. The average molecular weight is 339 g/mol. The van der Waals surface area contributed by atoms with E-state index >= 15 is 0 Å². The van der Waals surface area contributed by atoms with E-state index in [1.165, 1.54) is 19.4 Å². The Morgan fingerprint density at radius 1 is 1.40 bits per heavy atom. The molecule has 2 saturated heterocycles. The quantitative estimate of drug-likeness (QED) is 0.855. The standard InChI is InChI=1S/C14H19BrN4O/c1-10-12(15)4-5-13(16-10)17-14(20)19-8-7-18-6-2-3-11(18)9-19/h4-5,11H,2-3,6-9H2,1H3,(H,16,17,20)/t11-/m0/s1. The fraction of sp³-hybridized carbons (Fsp3) is 0.571. The number of aromatic nitrogens is 1. The lowest BCUT2D eigenvalue weighted by molar-refractivity contribution is 0.124. The number of pyridine rings is 1. The molecule has 2 amide bonds. The smallest absolute Gasteiger partial charge is 0.322 e. The van der Waals surface area contributed by atoms with Crippen molar-refractivity contribution >= 4 is 27.8 Å². The first kappa shape index (κ1) is 13.8. The third-order valence-corrected chi connectivity index (χ3v) is 4.97. The van der Waals surface area contributed by atoms with Gasteiger partial charge in [0.15, 0.2) is 0 Å². The van der Waals surface area contributed by atoms with Crippen LogP contribution in [0.3, 0.4) is 0 Å². The van der Waals surface area contributed by atoms with Crippen LogP contribution in [0.25, 0.3) is 0 Å². The highest BCUT2D eigenvalue weighted by molar-refractivity contribution is 9.10. The molecule has 1 aromatic rings. The van der Waals surface area contributed by atoms with Crippen molar-refractivity contribution in [2.45, 2.75) is 25.8 Å². The Hall–Kier alpha value is -1.14. The van der Waals surface area contributed by atoms with Crippen molar-refractivity contribution in [3.63, 3.8) is 0 Å². The molecule has 0 saturated carbocycles. The van der Waals surface area contributed by atoms with Crippen LogP contribution in [0, 0.1) is 6.92 Å². The van der Waals surface area contributed by atoms with Crippen molar-refractivity contribution in [1.82, 2.24) is 14.8 Å². The number of aryl methyl sites for hydroxylation is 1. The summed E-state index contributed by atoms with van der Waals surface area (Å²) in [5, 5.41) is 2.90. The van der Waals surface area contributed by atoms with Crippen molar-refractivity contribution in [3.8, 4) is 0 Å². The van der Waals surface area contributed by atoms with Gasteiger partial charge in [0.2, 0.25) is 0 Å². The zero-order valence-electron chi connectivity index (χ0n) is 11.6. The van der Waals surface area contributed by atoms with Crippen LogP contribution in [0.15, 0.2) is 16.6 Å². The topological polar surface area (TPSA) is 48.5 Å². The minimum absolute atomic E-state index is 0.0363. The number of hydrogen-bond donors (Lipinski definition) is 1. The van der Waals surface area contributed by atoms with Gasteiger partial charge in [0.05, 0.1) is 5.69 Å². The van der Waals surface area contributed by atoms with E-state index in [0.717, 1.165) is 29.8 Å². The predicted octanol–water partition coefficient (Wildman–Crippen LogP) is 2.46. The number of anilines is 1. The molecule has 0 aromatic carbocycles. The molecule has 20 heavy (non-hydrogen) atoms. The number of nitrogens with zero attached hydrogens (tertiary/aromatic N) is 3. The molecule has 1 atom stereocenters. The van der Waals surface area contributed by atoms with Crippen LogP contribution in [0.1, 0.15) is 18.5 Å².